The smallest absolute Gasteiger partial charge is 0.271 e. The third kappa shape index (κ3) is 0.661. The van der Waals surface area contributed by atoms with E-state index in [0.717, 1.165) is 11.3 Å². The van der Waals surface area contributed by atoms with Gasteiger partial charge in [-0.05, 0) is 12.1 Å². The molecule has 2 atom stereocenters. The second kappa shape index (κ2) is 2.32. The van der Waals surface area contributed by atoms with Crippen molar-refractivity contribution in [2.24, 2.45) is 9.98 Å². The monoisotopic (exact) mass is 212 g/mol. The van der Waals surface area contributed by atoms with Crippen LogP contribution in [0.2, 0.25) is 0 Å². The first-order chi connectivity index (χ1) is 7.86. The molecule has 1 aliphatic carbocycles. The van der Waals surface area contributed by atoms with Gasteiger partial charge in [0.05, 0.1) is 6.34 Å². The molecule has 0 saturated heterocycles. The van der Waals surface area contributed by atoms with Crippen LogP contribution in [0.15, 0.2) is 34.4 Å². The van der Waals surface area contributed by atoms with Crippen LogP contribution in [-0.2, 0) is 10.4 Å². The van der Waals surface area contributed by atoms with Crippen LogP contribution in [0.1, 0.15) is 11.3 Å². The molecule has 3 heterocycles. The number of nitrogens with zero attached hydrogens (tertiary/aromatic N) is 3. The molecule has 1 aromatic rings. The molecule has 16 heavy (non-hydrogen) atoms. The predicted molar refractivity (Wildman–Crippen MR) is 58.9 cm³/mol. The van der Waals surface area contributed by atoms with Gasteiger partial charge in [-0.25, -0.2) is 9.98 Å². The maximum atomic E-state index is 5.54. The number of ether oxygens (including phenoxy) is 1. The van der Waals surface area contributed by atoms with Crippen LogP contribution in [0.5, 0.6) is 0 Å². The fourth-order valence-electron chi connectivity index (χ4n) is 2.41. The number of pyridine rings is 1. The van der Waals surface area contributed by atoms with Gasteiger partial charge in [-0.2, -0.15) is 0 Å². The molecule has 2 unspecified atom stereocenters. The highest BCUT2D eigenvalue weighted by atomic mass is 16.5. The highest BCUT2D eigenvalue weighted by Crippen LogP contribution is 2.48. The largest absolute Gasteiger partial charge is 0.447 e. The van der Waals surface area contributed by atoms with Crippen molar-refractivity contribution in [2.75, 3.05) is 0 Å². The Morgan fingerprint density at radius 2 is 2.31 bits per heavy atom. The van der Waals surface area contributed by atoms with Gasteiger partial charge in [0, 0.05) is 11.8 Å². The van der Waals surface area contributed by atoms with Crippen molar-refractivity contribution in [1.82, 2.24) is 10.3 Å². The van der Waals surface area contributed by atoms with Gasteiger partial charge in [-0.15, -0.1) is 0 Å². The average molecular weight is 212 g/mol. The molecule has 1 N–H and O–H groups in total. The van der Waals surface area contributed by atoms with Gasteiger partial charge in [-0.1, -0.05) is 12.1 Å². The van der Waals surface area contributed by atoms with E-state index in [9.17, 15) is 0 Å². The summed E-state index contributed by atoms with van der Waals surface area (Å²) in [5.41, 5.74) is 0.398. The molecular weight excluding hydrogens is 204 g/mol. The van der Waals surface area contributed by atoms with E-state index in [1.807, 2.05) is 24.3 Å². The first kappa shape index (κ1) is 8.04. The van der Waals surface area contributed by atoms with Crippen molar-refractivity contribution in [3.05, 3.63) is 35.7 Å². The van der Waals surface area contributed by atoms with Crippen molar-refractivity contribution >= 4 is 18.8 Å². The quantitative estimate of drug-likeness (QED) is 0.686. The van der Waals surface area contributed by atoms with Crippen LogP contribution in [0.25, 0.3) is 6.08 Å². The van der Waals surface area contributed by atoms with Gasteiger partial charge in [0.1, 0.15) is 5.69 Å². The number of hydrogen-bond acceptors (Lipinski definition) is 5. The number of hydrogen-bond donors (Lipinski definition) is 1. The van der Waals surface area contributed by atoms with E-state index >= 15 is 0 Å². The van der Waals surface area contributed by atoms with E-state index in [2.05, 4.69) is 20.3 Å². The van der Waals surface area contributed by atoms with Crippen LogP contribution in [0.4, 0.5) is 0 Å². The molecule has 0 fully saturated rings. The van der Waals surface area contributed by atoms with Crippen LogP contribution in [0, 0.1) is 0 Å². The van der Waals surface area contributed by atoms with Gasteiger partial charge in [0.15, 0.2) is 6.40 Å². The molecule has 5 nitrogen and oxygen atoms in total. The molecule has 1 aromatic heterocycles. The molecule has 0 amide bonds. The lowest BCUT2D eigenvalue weighted by Crippen LogP contribution is -2.52. The lowest BCUT2D eigenvalue weighted by molar-refractivity contribution is 0.0696. The molecule has 4 rings (SSSR count). The van der Waals surface area contributed by atoms with Crippen molar-refractivity contribution in [3.63, 3.8) is 0 Å². The standard InChI is InChI=1S/C11H8N4O/c1-2-8-3-4-10-11(14-6-13-10,15-7-16-10)9(8)12-5-1/h1-7H,(H,13,14). The molecular formula is C11H8N4O. The fourth-order valence-corrected chi connectivity index (χ4v) is 2.41. The first-order valence-electron chi connectivity index (χ1n) is 5.04. The summed E-state index contributed by atoms with van der Waals surface area (Å²) in [6.07, 6.45) is 8.72. The van der Waals surface area contributed by atoms with Gasteiger partial charge >= 0.3 is 0 Å². The Hall–Kier alpha value is -2.17. The summed E-state index contributed by atoms with van der Waals surface area (Å²) < 4.78 is 5.54. The van der Waals surface area contributed by atoms with E-state index in [0.29, 0.717) is 0 Å². The average Bonchev–Trinajstić information content (AvgIpc) is 2.84. The lowest BCUT2D eigenvalue weighted by Gasteiger charge is -2.35. The molecule has 0 radical (unpaired) electrons. The van der Waals surface area contributed by atoms with Crippen LogP contribution >= 0.6 is 0 Å². The number of aliphatic imine (C=N–C) groups is 2. The SMILES string of the molecule is C1=CC23N=CNC2(N=CO3)c2ncccc21. The topological polar surface area (TPSA) is 58.9 Å². The summed E-state index contributed by atoms with van der Waals surface area (Å²) in [5, 5.41) is 3.15. The Kier molecular flexibility index (Phi) is 1.16. The molecule has 78 valence electrons. The number of aromatic nitrogens is 1. The normalized spacial score (nSPS) is 36.2. The highest BCUT2D eigenvalue weighted by molar-refractivity contribution is 5.74. The Bertz CT molecular complexity index is 565. The second-order valence-electron chi connectivity index (χ2n) is 3.94. The van der Waals surface area contributed by atoms with Crippen molar-refractivity contribution in [1.29, 1.82) is 0 Å². The van der Waals surface area contributed by atoms with E-state index in [-0.39, 0.29) is 0 Å². The summed E-state index contributed by atoms with van der Waals surface area (Å²) in [6.45, 7) is 0. The Labute approximate surface area is 91.6 Å². The third-order valence-corrected chi connectivity index (χ3v) is 3.20. The number of rotatable bonds is 0. The molecule has 0 bridgehead atoms. The van der Waals surface area contributed by atoms with Crippen LogP contribution in [-0.4, -0.2) is 23.4 Å². The van der Waals surface area contributed by atoms with Gasteiger partial charge in [-0.3, -0.25) is 4.98 Å². The van der Waals surface area contributed by atoms with E-state index in [1.165, 1.54) is 6.40 Å². The van der Waals surface area contributed by atoms with E-state index in [1.54, 1.807) is 12.5 Å². The Morgan fingerprint density at radius 3 is 3.31 bits per heavy atom. The zero-order valence-corrected chi connectivity index (χ0v) is 8.29. The summed E-state index contributed by atoms with van der Waals surface area (Å²) in [6, 6.07) is 3.91. The Balaban J connectivity index is 2.07. The molecule has 0 aromatic carbocycles. The first-order valence-corrected chi connectivity index (χ1v) is 5.04. The minimum atomic E-state index is -0.783. The molecule has 3 aliphatic rings. The van der Waals surface area contributed by atoms with Crippen molar-refractivity contribution < 1.29 is 4.74 Å². The van der Waals surface area contributed by atoms with Crippen molar-refractivity contribution in [2.45, 2.75) is 11.4 Å². The van der Waals surface area contributed by atoms with Gasteiger partial charge in [0.2, 0.25) is 5.66 Å². The minimum Gasteiger partial charge on any atom is -0.447 e. The number of fused-ring (bicyclic) bond motifs is 1. The maximum Gasteiger partial charge on any atom is 0.271 e. The van der Waals surface area contributed by atoms with Gasteiger partial charge < -0.3 is 10.1 Å². The summed E-state index contributed by atoms with van der Waals surface area (Å²) in [7, 11) is 0. The number of nitrogens with one attached hydrogen (secondary N) is 1. The zero-order chi connectivity index (χ0) is 10.6. The molecule has 0 spiro atoms. The molecule has 0 saturated carbocycles. The summed E-state index contributed by atoms with van der Waals surface area (Å²) >= 11 is 0. The van der Waals surface area contributed by atoms with Gasteiger partial charge in [0.25, 0.3) is 5.72 Å². The maximum absolute atomic E-state index is 5.54. The minimum absolute atomic E-state index is 0.710. The van der Waals surface area contributed by atoms with Crippen molar-refractivity contribution in [3.8, 4) is 0 Å². The van der Waals surface area contributed by atoms with E-state index in [4.69, 9.17) is 4.74 Å². The fraction of sp³-hybridized carbons (Fsp3) is 0.182. The predicted octanol–water partition coefficient (Wildman–Crippen LogP) is 0.647. The summed E-state index contributed by atoms with van der Waals surface area (Å²) in [4.78, 5) is 13.1. The van der Waals surface area contributed by atoms with Crippen LogP contribution < -0.4 is 5.32 Å². The molecule has 2 aliphatic heterocycles. The zero-order valence-electron chi connectivity index (χ0n) is 8.29. The second-order valence-corrected chi connectivity index (χ2v) is 3.94. The highest BCUT2D eigenvalue weighted by Gasteiger charge is 2.62. The Morgan fingerprint density at radius 1 is 1.31 bits per heavy atom. The third-order valence-electron chi connectivity index (χ3n) is 3.20. The van der Waals surface area contributed by atoms with E-state index < -0.39 is 11.4 Å². The lowest BCUT2D eigenvalue weighted by atomic mass is 9.86. The molecule has 5 heteroatoms. The van der Waals surface area contributed by atoms with Crippen LogP contribution in [0.3, 0.4) is 0 Å². The summed E-state index contributed by atoms with van der Waals surface area (Å²) in [5.74, 6) is 0.